The molecule has 3 rings (SSSR count). The van der Waals surface area contributed by atoms with E-state index < -0.39 is 10.0 Å². The Morgan fingerprint density at radius 3 is 2.52 bits per heavy atom. The van der Waals surface area contributed by atoms with Crippen molar-refractivity contribution >= 4 is 21.4 Å². The third kappa shape index (κ3) is 3.78. The molecule has 25 heavy (non-hydrogen) atoms. The fourth-order valence-corrected chi connectivity index (χ4v) is 4.93. The van der Waals surface area contributed by atoms with Crippen LogP contribution in [0.5, 0.6) is 0 Å². The first kappa shape index (κ1) is 17.7. The molecule has 0 atom stereocenters. The van der Waals surface area contributed by atoms with Crippen LogP contribution >= 0.6 is 11.3 Å². The summed E-state index contributed by atoms with van der Waals surface area (Å²) in [6, 6.07) is 3.81. The molecule has 0 unspecified atom stereocenters. The highest BCUT2D eigenvalue weighted by Gasteiger charge is 2.23. The van der Waals surface area contributed by atoms with Crippen LogP contribution in [0.1, 0.15) is 22.0 Å². The fraction of sp³-hybridized carbons (Fsp3) is 0.312. The molecule has 0 aliphatic rings. The SMILES string of the molecule is Cc1nc(-c2ccncc2)sc1CCNS(=O)(=O)c1c(C)noc1C. The first-order chi connectivity index (χ1) is 11.9. The van der Waals surface area contributed by atoms with Crippen molar-refractivity contribution in [3.8, 4) is 10.6 Å². The first-order valence-corrected chi connectivity index (χ1v) is 9.97. The second-order valence-corrected chi connectivity index (χ2v) is 8.35. The Hall–Kier alpha value is -2.10. The summed E-state index contributed by atoms with van der Waals surface area (Å²) in [5.74, 6) is 0.291. The lowest BCUT2D eigenvalue weighted by Gasteiger charge is -2.05. The highest BCUT2D eigenvalue weighted by Crippen LogP contribution is 2.27. The third-order valence-corrected chi connectivity index (χ3v) is 6.67. The van der Waals surface area contributed by atoms with Crippen LogP contribution in [0.15, 0.2) is 33.9 Å². The zero-order chi connectivity index (χ0) is 18.0. The maximum absolute atomic E-state index is 12.4. The van der Waals surface area contributed by atoms with Crippen molar-refractivity contribution in [2.45, 2.75) is 32.1 Å². The quantitative estimate of drug-likeness (QED) is 0.708. The van der Waals surface area contributed by atoms with E-state index in [-0.39, 0.29) is 11.4 Å². The summed E-state index contributed by atoms with van der Waals surface area (Å²) in [5.41, 5.74) is 2.28. The van der Waals surface area contributed by atoms with Crippen LogP contribution < -0.4 is 4.72 Å². The molecule has 3 heterocycles. The van der Waals surface area contributed by atoms with Gasteiger partial charge in [-0.2, -0.15) is 0 Å². The van der Waals surface area contributed by atoms with Crippen LogP contribution in [0.2, 0.25) is 0 Å². The van der Waals surface area contributed by atoms with Gasteiger partial charge in [-0.05, 0) is 39.3 Å². The van der Waals surface area contributed by atoms with Crippen LogP contribution in [0.4, 0.5) is 0 Å². The van der Waals surface area contributed by atoms with Gasteiger partial charge in [0.15, 0.2) is 5.76 Å². The highest BCUT2D eigenvalue weighted by atomic mass is 32.2. The van der Waals surface area contributed by atoms with E-state index in [2.05, 4.69) is 19.8 Å². The Morgan fingerprint density at radius 2 is 1.88 bits per heavy atom. The van der Waals surface area contributed by atoms with Crippen LogP contribution in [-0.2, 0) is 16.4 Å². The van der Waals surface area contributed by atoms with E-state index in [1.807, 2.05) is 19.1 Å². The number of nitrogens with one attached hydrogen (secondary N) is 1. The predicted octanol–water partition coefficient (Wildman–Crippen LogP) is 2.64. The molecule has 0 saturated heterocycles. The lowest BCUT2D eigenvalue weighted by atomic mass is 10.3. The van der Waals surface area contributed by atoms with Gasteiger partial charge in [0.05, 0.1) is 5.69 Å². The number of hydrogen-bond acceptors (Lipinski definition) is 7. The predicted molar refractivity (Wildman–Crippen MR) is 95.0 cm³/mol. The molecule has 0 amide bonds. The minimum absolute atomic E-state index is 0.117. The molecule has 0 bridgehead atoms. The molecule has 3 aromatic heterocycles. The Labute approximate surface area is 150 Å². The summed E-state index contributed by atoms with van der Waals surface area (Å²) in [4.78, 5) is 9.73. The average molecular weight is 378 g/mol. The van der Waals surface area contributed by atoms with Crippen molar-refractivity contribution in [1.82, 2.24) is 19.8 Å². The maximum Gasteiger partial charge on any atom is 0.245 e. The lowest BCUT2D eigenvalue weighted by Crippen LogP contribution is -2.26. The van der Waals surface area contributed by atoms with E-state index in [9.17, 15) is 8.42 Å². The Bertz CT molecular complexity index is 959. The van der Waals surface area contributed by atoms with Gasteiger partial charge in [0.1, 0.15) is 15.6 Å². The van der Waals surface area contributed by atoms with Crippen LogP contribution in [0, 0.1) is 20.8 Å². The number of nitrogens with zero attached hydrogens (tertiary/aromatic N) is 3. The zero-order valence-electron chi connectivity index (χ0n) is 14.1. The standard InChI is InChI=1S/C16H18N4O3S2/c1-10-14(24-16(19-10)13-4-7-17-8-5-13)6-9-18-25(21,22)15-11(2)20-23-12(15)3/h4-5,7-8,18H,6,9H2,1-3H3. The monoisotopic (exact) mass is 378 g/mol. The van der Waals surface area contributed by atoms with Gasteiger partial charge in [0.2, 0.25) is 10.0 Å². The number of aromatic nitrogens is 3. The van der Waals surface area contributed by atoms with Crippen LogP contribution in [0.3, 0.4) is 0 Å². The van der Waals surface area contributed by atoms with E-state index in [1.54, 1.807) is 37.6 Å². The zero-order valence-corrected chi connectivity index (χ0v) is 15.7. The van der Waals surface area contributed by atoms with Crippen molar-refractivity contribution < 1.29 is 12.9 Å². The van der Waals surface area contributed by atoms with Crippen molar-refractivity contribution in [2.24, 2.45) is 0 Å². The summed E-state index contributed by atoms with van der Waals surface area (Å²) in [6.45, 7) is 5.41. The first-order valence-electron chi connectivity index (χ1n) is 7.67. The molecule has 0 aliphatic carbocycles. The smallest absolute Gasteiger partial charge is 0.245 e. The molecule has 0 fully saturated rings. The summed E-state index contributed by atoms with van der Waals surface area (Å²) in [5, 5.41) is 4.60. The Kier molecular flexibility index (Phi) is 4.98. The summed E-state index contributed by atoms with van der Waals surface area (Å²) < 4.78 is 32.4. The number of hydrogen-bond donors (Lipinski definition) is 1. The van der Waals surface area contributed by atoms with Gasteiger partial charge in [0, 0.05) is 29.4 Å². The van der Waals surface area contributed by atoms with Gasteiger partial charge in [-0.15, -0.1) is 11.3 Å². The summed E-state index contributed by atoms with van der Waals surface area (Å²) >= 11 is 1.56. The second-order valence-electron chi connectivity index (χ2n) is 5.56. The number of sulfonamides is 1. The van der Waals surface area contributed by atoms with Gasteiger partial charge in [-0.3, -0.25) is 4.98 Å². The molecule has 0 aromatic carbocycles. The highest BCUT2D eigenvalue weighted by molar-refractivity contribution is 7.89. The van der Waals surface area contributed by atoms with Gasteiger partial charge in [0.25, 0.3) is 0 Å². The Morgan fingerprint density at radius 1 is 1.16 bits per heavy atom. The number of pyridine rings is 1. The molecule has 1 N–H and O–H groups in total. The average Bonchev–Trinajstić information content (AvgIpc) is 3.11. The van der Waals surface area contributed by atoms with Crippen molar-refractivity contribution in [3.63, 3.8) is 0 Å². The summed E-state index contributed by atoms with van der Waals surface area (Å²) in [6.07, 6.45) is 4.02. The summed E-state index contributed by atoms with van der Waals surface area (Å²) in [7, 11) is -3.64. The minimum Gasteiger partial charge on any atom is -0.360 e. The molecular weight excluding hydrogens is 360 g/mol. The molecular formula is C16H18N4O3S2. The van der Waals surface area contributed by atoms with Crippen molar-refractivity contribution in [3.05, 3.63) is 46.6 Å². The normalized spacial score (nSPS) is 11.8. The molecule has 0 radical (unpaired) electrons. The van der Waals surface area contributed by atoms with Gasteiger partial charge >= 0.3 is 0 Å². The van der Waals surface area contributed by atoms with E-state index >= 15 is 0 Å². The second kappa shape index (κ2) is 7.03. The molecule has 7 nitrogen and oxygen atoms in total. The minimum atomic E-state index is -3.64. The van der Waals surface area contributed by atoms with Crippen LogP contribution in [-0.4, -0.2) is 30.1 Å². The molecule has 0 saturated carbocycles. The van der Waals surface area contributed by atoms with Crippen LogP contribution in [0.25, 0.3) is 10.6 Å². The topological polar surface area (TPSA) is 98.0 Å². The van der Waals surface area contributed by atoms with E-state index in [0.29, 0.717) is 17.9 Å². The maximum atomic E-state index is 12.4. The van der Waals surface area contributed by atoms with E-state index in [1.165, 1.54) is 0 Å². The number of rotatable bonds is 6. The number of aryl methyl sites for hydroxylation is 3. The number of thiazole rings is 1. The van der Waals surface area contributed by atoms with Crippen molar-refractivity contribution in [2.75, 3.05) is 6.54 Å². The fourth-order valence-electron chi connectivity index (χ4n) is 2.51. The Balaban J connectivity index is 1.70. The third-order valence-electron chi connectivity index (χ3n) is 3.70. The molecule has 9 heteroatoms. The molecule has 0 aliphatic heterocycles. The van der Waals surface area contributed by atoms with E-state index in [0.717, 1.165) is 21.1 Å². The largest absolute Gasteiger partial charge is 0.360 e. The van der Waals surface area contributed by atoms with Gasteiger partial charge in [-0.25, -0.2) is 18.1 Å². The molecule has 0 spiro atoms. The van der Waals surface area contributed by atoms with Crippen molar-refractivity contribution in [1.29, 1.82) is 0 Å². The van der Waals surface area contributed by atoms with E-state index in [4.69, 9.17) is 4.52 Å². The van der Waals surface area contributed by atoms with Gasteiger partial charge in [-0.1, -0.05) is 5.16 Å². The molecule has 132 valence electrons. The molecule has 3 aromatic rings. The van der Waals surface area contributed by atoms with Gasteiger partial charge < -0.3 is 4.52 Å². The lowest BCUT2D eigenvalue weighted by molar-refractivity contribution is 0.390.